The van der Waals surface area contributed by atoms with Crippen molar-refractivity contribution in [2.45, 2.75) is 71.1 Å². The molecule has 0 bridgehead atoms. The van der Waals surface area contributed by atoms with Crippen LogP contribution in [0.4, 0.5) is 0 Å². The Hall–Kier alpha value is -0.820. The van der Waals surface area contributed by atoms with E-state index >= 15 is 0 Å². The van der Waals surface area contributed by atoms with Crippen molar-refractivity contribution in [2.24, 2.45) is 0 Å². The third-order valence-electron chi connectivity index (χ3n) is 4.11. The molecule has 0 N–H and O–H groups in total. The lowest BCUT2D eigenvalue weighted by atomic mass is 10.0. The summed E-state index contributed by atoms with van der Waals surface area (Å²) in [6.07, 6.45) is 14.0. The zero-order valence-electron chi connectivity index (χ0n) is 12.9. The van der Waals surface area contributed by atoms with Gasteiger partial charge in [-0.3, -0.25) is 0 Å². The van der Waals surface area contributed by atoms with Crippen molar-refractivity contribution >= 4 is 21.4 Å². The Morgan fingerprint density at radius 1 is 0.800 bits per heavy atom. The number of benzene rings is 1. The zero-order chi connectivity index (χ0) is 14.0. The summed E-state index contributed by atoms with van der Waals surface area (Å²) in [5.41, 5.74) is 1.56. The van der Waals surface area contributed by atoms with Crippen LogP contribution in [0, 0.1) is 0 Å². The second-order valence-electron chi connectivity index (χ2n) is 5.84. The van der Waals surface area contributed by atoms with Crippen LogP contribution in [0.2, 0.25) is 0 Å². The molecular formula is C19H28S. The quantitative estimate of drug-likeness (QED) is 0.414. The summed E-state index contributed by atoms with van der Waals surface area (Å²) in [7, 11) is 0. The average molecular weight is 288 g/mol. The monoisotopic (exact) mass is 288 g/mol. The molecule has 0 amide bonds. The fourth-order valence-electron chi connectivity index (χ4n) is 2.85. The van der Waals surface area contributed by atoms with Gasteiger partial charge in [-0.2, -0.15) is 0 Å². The summed E-state index contributed by atoms with van der Waals surface area (Å²) in [5, 5.41) is 3.84. The van der Waals surface area contributed by atoms with Gasteiger partial charge in [0.25, 0.3) is 0 Å². The molecule has 0 saturated carbocycles. The molecule has 0 spiro atoms. The van der Waals surface area contributed by atoms with Crippen LogP contribution < -0.4 is 0 Å². The normalized spacial score (nSPS) is 11.2. The van der Waals surface area contributed by atoms with Gasteiger partial charge in [0, 0.05) is 4.70 Å². The number of hydrogen-bond donors (Lipinski definition) is 0. The summed E-state index contributed by atoms with van der Waals surface area (Å²) in [5.74, 6) is 0. The molecule has 0 aliphatic rings. The average Bonchev–Trinajstić information content (AvgIpc) is 2.89. The molecule has 0 atom stereocenters. The smallest absolute Gasteiger partial charge is 0.0345 e. The molecule has 1 aromatic carbocycles. The SMILES string of the molecule is CCCCCCCCCCCc1csc2ccccc12. The minimum absolute atomic E-state index is 1.26. The first-order valence-electron chi connectivity index (χ1n) is 8.37. The lowest BCUT2D eigenvalue weighted by molar-refractivity contribution is 0.565. The van der Waals surface area contributed by atoms with Crippen LogP contribution in [0.3, 0.4) is 0 Å². The maximum Gasteiger partial charge on any atom is 0.0345 e. The molecule has 2 aromatic rings. The van der Waals surface area contributed by atoms with Crippen LogP contribution in [0.5, 0.6) is 0 Å². The van der Waals surface area contributed by atoms with Gasteiger partial charge in [-0.1, -0.05) is 76.5 Å². The molecule has 110 valence electrons. The third-order valence-corrected chi connectivity index (χ3v) is 5.12. The van der Waals surface area contributed by atoms with Gasteiger partial charge in [0.2, 0.25) is 0 Å². The predicted octanol–water partition coefficient (Wildman–Crippen LogP) is 6.97. The Bertz CT molecular complexity index is 483. The van der Waals surface area contributed by atoms with Crippen LogP contribution in [0.25, 0.3) is 10.1 Å². The van der Waals surface area contributed by atoms with Crippen molar-refractivity contribution in [1.82, 2.24) is 0 Å². The van der Waals surface area contributed by atoms with Gasteiger partial charge in [0.1, 0.15) is 0 Å². The van der Waals surface area contributed by atoms with Gasteiger partial charge in [-0.15, -0.1) is 11.3 Å². The molecule has 1 heterocycles. The molecule has 0 radical (unpaired) electrons. The number of aryl methyl sites for hydroxylation is 1. The Morgan fingerprint density at radius 3 is 2.20 bits per heavy atom. The number of thiophene rings is 1. The van der Waals surface area contributed by atoms with Gasteiger partial charge in [0.15, 0.2) is 0 Å². The molecule has 1 aromatic heterocycles. The van der Waals surface area contributed by atoms with Crippen LogP contribution in [-0.2, 0) is 6.42 Å². The molecule has 0 unspecified atom stereocenters. The lowest BCUT2D eigenvalue weighted by Gasteiger charge is -2.02. The summed E-state index contributed by atoms with van der Waals surface area (Å²) < 4.78 is 1.44. The maximum absolute atomic E-state index is 2.36. The lowest BCUT2D eigenvalue weighted by Crippen LogP contribution is -1.85. The number of unbranched alkanes of at least 4 members (excludes halogenated alkanes) is 8. The molecule has 20 heavy (non-hydrogen) atoms. The van der Waals surface area contributed by atoms with Gasteiger partial charge in [-0.05, 0) is 35.2 Å². The van der Waals surface area contributed by atoms with Crippen molar-refractivity contribution in [3.05, 3.63) is 35.2 Å². The summed E-state index contributed by atoms with van der Waals surface area (Å²) >= 11 is 1.89. The molecule has 0 saturated heterocycles. The van der Waals surface area contributed by atoms with E-state index in [2.05, 4.69) is 36.6 Å². The van der Waals surface area contributed by atoms with E-state index < -0.39 is 0 Å². The maximum atomic E-state index is 2.36. The van der Waals surface area contributed by atoms with Crippen molar-refractivity contribution in [3.8, 4) is 0 Å². The molecule has 2 rings (SSSR count). The highest BCUT2D eigenvalue weighted by atomic mass is 32.1. The first-order chi connectivity index (χ1) is 9.92. The standard InChI is InChI=1S/C19H28S/c1-2-3-4-5-6-7-8-9-10-13-17-16-20-19-15-12-11-14-18(17)19/h11-12,14-16H,2-10,13H2,1H3. The van der Waals surface area contributed by atoms with E-state index in [1.54, 1.807) is 5.56 Å². The van der Waals surface area contributed by atoms with Gasteiger partial charge in [0.05, 0.1) is 0 Å². The second-order valence-corrected chi connectivity index (χ2v) is 6.75. The molecule has 0 fully saturated rings. The predicted molar refractivity (Wildman–Crippen MR) is 92.8 cm³/mol. The number of hydrogen-bond acceptors (Lipinski definition) is 1. The van der Waals surface area contributed by atoms with Crippen molar-refractivity contribution in [1.29, 1.82) is 0 Å². The molecule has 1 heteroatoms. The van der Waals surface area contributed by atoms with E-state index in [1.165, 1.54) is 74.3 Å². The Morgan fingerprint density at radius 2 is 1.45 bits per heavy atom. The highest BCUT2D eigenvalue weighted by Gasteiger charge is 2.02. The van der Waals surface area contributed by atoms with Gasteiger partial charge >= 0.3 is 0 Å². The Balaban J connectivity index is 1.57. The molecule has 0 aliphatic carbocycles. The van der Waals surface area contributed by atoms with Crippen molar-refractivity contribution in [2.75, 3.05) is 0 Å². The van der Waals surface area contributed by atoms with E-state index in [-0.39, 0.29) is 0 Å². The fourth-order valence-corrected chi connectivity index (χ4v) is 3.85. The van der Waals surface area contributed by atoms with Gasteiger partial charge in [-0.25, -0.2) is 0 Å². The van der Waals surface area contributed by atoms with E-state index in [0.717, 1.165) is 0 Å². The van der Waals surface area contributed by atoms with E-state index in [9.17, 15) is 0 Å². The minimum atomic E-state index is 1.26. The van der Waals surface area contributed by atoms with Gasteiger partial charge < -0.3 is 0 Å². The zero-order valence-corrected chi connectivity index (χ0v) is 13.7. The second kappa shape index (κ2) is 9.18. The summed E-state index contributed by atoms with van der Waals surface area (Å²) in [4.78, 5) is 0. The topological polar surface area (TPSA) is 0 Å². The third kappa shape index (κ3) is 4.94. The van der Waals surface area contributed by atoms with Crippen LogP contribution in [0.1, 0.15) is 70.3 Å². The first kappa shape index (κ1) is 15.6. The van der Waals surface area contributed by atoms with Crippen LogP contribution in [-0.4, -0.2) is 0 Å². The van der Waals surface area contributed by atoms with E-state index in [1.807, 2.05) is 11.3 Å². The first-order valence-corrected chi connectivity index (χ1v) is 9.25. The van der Waals surface area contributed by atoms with Crippen molar-refractivity contribution < 1.29 is 0 Å². The number of fused-ring (bicyclic) bond motifs is 1. The highest BCUT2D eigenvalue weighted by Crippen LogP contribution is 2.27. The number of rotatable bonds is 10. The summed E-state index contributed by atoms with van der Waals surface area (Å²) in [6, 6.07) is 8.81. The summed E-state index contributed by atoms with van der Waals surface area (Å²) in [6.45, 7) is 2.29. The van der Waals surface area contributed by atoms with Crippen LogP contribution >= 0.6 is 11.3 Å². The largest absolute Gasteiger partial charge is 0.144 e. The van der Waals surface area contributed by atoms with E-state index in [4.69, 9.17) is 0 Å². The minimum Gasteiger partial charge on any atom is -0.144 e. The Kier molecular flexibility index (Phi) is 7.14. The fraction of sp³-hybridized carbons (Fsp3) is 0.579. The molecular weight excluding hydrogens is 260 g/mol. The van der Waals surface area contributed by atoms with E-state index in [0.29, 0.717) is 0 Å². The highest BCUT2D eigenvalue weighted by molar-refractivity contribution is 7.17. The van der Waals surface area contributed by atoms with Crippen LogP contribution in [0.15, 0.2) is 29.6 Å². The Labute approximate surface area is 128 Å². The van der Waals surface area contributed by atoms with Crippen molar-refractivity contribution in [3.63, 3.8) is 0 Å². The molecule has 0 aliphatic heterocycles. The molecule has 0 nitrogen and oxygen atoms in total.